The van der Waals surface area contributed by atoms with E-state index in [0.717, 1.165) is 39.2 Å². The molecular weight excluding hydrogens is 362 g/mol. The van der Waals surface area contributed by atoms with Gasteiger partial charge in [-0.15, -0.1) is 0 Å². The Morgan fingerprint density at radius 1 is 1.03 bits per heavy atom. The zero-order valence-corrected chi connectivity index (χ0v) is 16.5. The average molecular weight is 383 g/mol. The number of aromatic nitrogens is 4. The monoisotopic (exact) mass is 383 g/mol. The normalized spacial score (nSPS) is 11.6. The first-order chi connectivity index (χ1) is 14.1. The van der Waals surface area contributed by atoms with Gasteiger partial charge >= 0.3 is 0 Å². The molecular formula is C23H21N5O. The topological polar surface area (TPSA) is 68.8 Å². The van der Waals surface area contributed by atoms with Gasteiger partial charge < -0.3 is 9.73 Å². The van der Waals surface area contributed by atoms with Crippen LogP contribution in [0.2, 0.25) is 0 Å². The summed E-state index contributed by atoms with van der Waals surface area (Å²) in [6.07, 6.45) is 1.78. The molecule has 0 aliphatic carbocycles. The van der Waals surface area contributed by atoms with Crippen LogP contribution in [-0.2, 0) is 0 Å². The maximum atomic E-state index is 5.85. The lowest BCUT2D eigenvalue weighted by Crippen LogP contribution is -1.98. The van der Waals surface area contributed by atoms with E-state index in [2.05, 4.69) is 46.4 Å². The van der Waals surface area contributed by atoms with Gasteiger partial charge in [-0.2, -0.15) is 10.1 Å². The maximum absolute atomic E-state index is 5.85. The molecule has 6 nitrogen and oxygen atoms in total. The molecule has 3 heterocycles. The van der Waals surface area contributed by atoms with E-state index in [-0.39, 0.29) is 0 Å². The first-order valence-electron chi connectivity index (χ1n) is 9.67. The summed E-state index contributed by atoms with van der Waals surface area (Å²) in [5.41, 5.74) is 6.38. The number of rotatable bonds is 4. The fourth-order valence-electron chi connectivity index (χ4n) is 3.44. The highest BCUT2D eigenvalue weighted by Crippen LogP contribution is 2.27. The zero-order valence-electron chi connectivity index (χ0n) is 16.5. The fourth-order valence-corrected chi connectivity index (χ4v) is 3.44. The van der Waals surface area contributed by atoms with Crippen molar-refractivity contribution < 1.29 is 4.42 Å². The minimum atomic E-state index is 0.447. The van der Waals surface area contributed by atoms with Crippen LogP contribution in [0.4, 0.5) is 11.7 Å². The number of aryl methyl sites for hydroxylation is 1. The largest absolute Gasteiger partial charge is 0.423 e. The molecule has 0 radical (unpaired) electrons. The van der Waals surface area contributed by atoms with Crippen molar-refractivity contribution in [3.63, 3.8) is 0 Å². The second kappa shape index (κ2) is 6.74. The van der Waals surface area contributed by atoms with Crippen LogP contribution in [0.1, 0.15) is 31.0 Å². The van der Waals surface area contributed by atoms with E-state index < -0.39 is 0 Å². The Balaban J connectivity index is 1.50. The summed E-state index contributed by atoms with van der Waals surface area (Å²) in [7, 11) is 0. The lowest BCUT2D eigenvalue weighted by Gasteiger charge is -2.04. The molecule has 0 spiro atoms. The number of fused-ring (bicyclic) bond motifs is 2. The number of hydrogen-bond acceptors (Lipinski definition) is 5. The molecule has 3 aromatic heterocycles. The maximum Gasteiger partial charge on any atom is 0.300 e. The van der Waals surface area contributed by atoms with Crippen LogP contribution in [0, 0.1) is 6.92 Å². The Kier molecular flexibility index (Phi) is 4.05. The average Bonchev–Trinajstić information content (AvgIpc) is 3.28. The van der Waals surface area contributed by atoms with E-state index in [9.17, 15) is 0 Å². The summed E-state index contributed by atoms with van der Waals surface area (Å²) in [5.74, 6) is 0.447. The molecule has 0 aliphatic heterocycles. The highest BCUT2D eigenvalue weighted by atomic mass is 16.4. The lowest BCUT2D eigenvalue weighted by molar-refractivity contribution is 0.623. The van der Waals surface area contributed by atoms with Gasteiger partial charge in [0.1, 0.15) is 5.52 Å². The van der Waals surface area contributed by atoms with E-state index in [4.69, 9.17) is 4.42 Å². The molecule has 0 saturated carbocycles. The molecule has 0 amide bonds. The zero-order chi connectivity index (χ0) is 20.0. The second-order valence-electron chi connectivity index (χ2n) is 7.45. The van der Waals surface area contributed by atoms with Crippen LogP contribution >= 0.6 is 0 Å². The van der Waals surface area contributed by atoms with Crippen molar-refractivity contribution in [2.24, 2.45) is 0 Å². The third kappa shape index (κ3) is 3.12. The summed E-state index contributed by atoms with van der Waals surface area (Å²) >= 11 is 0. The highest BCUT2D eigenvalue weighted by molar-refractivity contribution is 5.84. The van der Waals surface area contributed by atoms with Gasteiger partial charge in [-0.05, 0) is 48.7 Å². The first-order valence-corrected chi connectivity index (χ1v) is 9.67. The van der Waals surface area contributed by atoms with Gasteiger partial charge in [-0.3, -0.25) is 0 Å². The first kappa shape index (κ1) is 17.4. The van der Waals surface area contributed by atoms with Gasteiger partial charge in [0, 0.05) is 5.39 Å². The van der Waals surface area contributed by atoms with Gasteiger partial charge in [-0.1, -0.05) is 38.1 Å². The van der Waals surface area contributed by atoms with Crippen molar-refractivity contribution in [1.29, 1.82) is 0 Å². The number of benzene rings is 2. The highest BCUT2D eigenvalue weighted by Gasteiger charge is 2.13. The molecule has 1 N–H and O–H groups in total. The molecule has 5 rings (SSSR count). The van der Waals surface area contributed by atoms with Crippen LogP contribution < -0.4 is 5.32 Å². The van der Waals surface area contributed by atoms with Gasteiger partial charge in [-0.25, -0.2) is 9.67 Å². The number of pyridine rings is 1. The van der Waals surface area contributed by atoms with Crippen molar-refractivity contribution >= 4 is 33.8 Å². The summed E-state index contributed by atoms with van der Waals surface area (Å²) in [6.45, 7) is 6.32. The van der Waals surface area contributed by atoms with Crippen LogP contribution in [0.15, 0.2) is 65.2 Å². The van der Waals surface area contributed by atoms with E-state index in [1.54, 1.807) is 6.20 Å². The van der Waals surface area contributed by atoms with E-state index in [1.165, 1.54) is 5.56 Å². The molecule has 0 saturated heterocycles. The van der Waals surface area contributed by atoms with Crippen molar-refractivity contribution in [3.8, 4) is 5.69 Å². The van der Waals surface area contributed by atoms with Gasteiger partial charge in [0.25, 0.3) is 6.01 Å². The number of nitrogens with one attached hydrogen (secondary N) is 1. The van der Waals surface area contributed by atoms with E-state index >= 15 is 0 Å². The lowest BCUT2D eigenvalue weighted by atomic mass is 10.0. The quantitative estimate of drug-likeness (QED) is 0.429. The van der Waals surface area contributed by atoms with E-state index in [0.29, 0.717) is 11.9 Å². The predicted molar refractivity (Wildman–Crippen MR) is 115 cm³/mol. The number of nitrogens with zero attached hydrogens (tertiary/aromatic N) is 4. The van der Waals surface area contributed by atoms with Crippen LogP contribution in [0.5, 0.6) is 0 Å². The van der Waals surface area contributed by atoms with Crippen molar-refractivity contribution in [1.82, 2.24) is 19.7 Å². The smallest absolute Gasteiger partial charge is 0.300 e. The third-order valence-corrected chi connectivity index (χ3v) is 5.04. The fraction of sp³-hybridized carbons (Fsp3) is 0.174. The summed E-state index contributed by atoms with van der Waals surface area (Å²) in [6, 6.07) is 18.6. The molecule has 144 valence electrons. The standard InChI is InChI=1S/C23H21N5O/c1-14(2)16-9-10-21-20(11-16)26-23(29-21)25-17-12-19-15(3)27-28(22(19)24-13-17)18-7-5-4-6-8-18/h4-14H,1-3H3,(H,25,26). The number of anilines is 2. The molecule has 5 aromatic rings. The van der Waals surface area contributed by atoms with Crippen molar-refractivity contribution in [2.75, 3.05) is 5.32 Å². The number of hydrogen-bond donors (Lipinski definition) is 1. The Labute approximate surface area is 168 Å². The molecule has 0 atom stereocenters. The Morgan fingerprint density at radius 2 is 1.86 bits per heavy atom. The van der Waals surface area contributed by atoms with Crippen LogP contribution in [0.3, 0.4) is 0 Å². The molecule has 2 aromatic carbocycles. The molecule has 0 fully saturated rings. The van der Waals surface area contributed by atoms with Crippen molar-refractivity contribution in [2.45, 2.75) is 26.7 Å². The van der Waals surface area contributed by atoms with Gasteiger partial charge in [0.15, 0.2) is 11.2 Å². The third-order valence-electron chi connectivity index (χ3n) is 5.04. The second-order valence-corrected chi connectivity index (χ2v) is 7.45. The van der Waals surface area contributed by atoms with Crippen molar-refractivity contribution in [3.05, 3.63) is 72.1 Å². The summed E-state index contributed by atoms with van der Waals surface area (Å²) in [4.78, 5) is 9.21. The molecule has 6 heteroatoms. The Morgan fingerprint density at radius 3 is 2.66 bits per heavy atom. The minimum absolute atomic E-state index is 0.447. The number of oxazole rings is 1. The Bertz CT molecular complexity index is 1320. The number of para-hydroxylation sites is 1. The van der Waals surface area contributed by atoms with Crippen LogP contribution in [-0.4, -0.2) is 19.7 Å². The minimum Gasteiger partial charge on any atom is -0.423 e. The van der Waals surface area contributed by atoms with E-state index in [1.807, 2.05) is 54.1 Å². The van der Waals surface area contributed by atoms with Gasteiger partial charge in [0.2, 0.25) is 0 Å². The molecule has 29 heavy (non-hydrogen) atoms. The molecule has 0 unspecified atom stereocenters. The summed E-state index contributed by atoms with van der Waals surface area (Å²) in [5, 5.41) is 8.87. The molecule has 0 bridgehead atoms. The molecule has 0 aliphatic rings. The van der Waals surface area contributed by atoms with Crippen LogP contribution in [0.25, 0.3) is 27.8 Å². The predicted octanol–water partition coefficient (Wildman–Crippen LogP) is 5.74. The SMILES string of the molecule is Cc1nn(-c2ccccc2)c2ncc(Nc3nc4cc(C(C)C)ccc4o3)cc12. The Hall–Kier alpha value is -3.67. The summed E-state index contributed by atoms with van der Waals surface area (Å²) < 4.78 is 7.72. The van der Waals surface area contributed by atoms with Gasteiger partial charge in [0.05, 0.1) is 23.3 Å².